The van der Waals surface area contributed by atoms with Gasteiger partial charge < -0.3 is 4.90 Å². The monoisotopic (exact) mass is 212 g/mol. The van der Waals surface area contributed by atoms with E-state index in [-0.39, 0.29) is 0 Å². The van der Waals surface area contributed by atoms with Crippen LogP contribution in [0.3, 0.4) is 0 Å². The number of benzene rings is 1. The minimum Gasteiger partial charge on any atom is -0.319 e. The second-order valence-electron chi connectivity index (χ2n) is 3.96. The first kappa shape index (κ1) is 9.15. The van der Waals surface area contributed by atoms with Crippen molar-refractivity contribution in [3.63, 3.8) is 0 Å². The normalized spacial score (nSPS) is 14.3. The zero-order valence-corrected chi connectivity index (χ0v) is 9.01. The molecule has 2 aromatic rings. The average molecular weight is 212 g/mol. The zero-order valence-electron chi connectivity index (χ0n) is 9.01. The van der Waals surface area contributed by atoms with Crippen LogP contribution in [-0.2, 0) is 13.6 Å². The smallest absolute Gasteiger partial charge is 0.133 e. The predicted octanol–water partition coefficient (Wildman–Crippen LogP) is 1.77. The highest BCUT2D eigenvalue weighted by molar-refractivity contribution is 6.11. The Hall–Kier alpha value is -2.10. The van der Waals surface area contributed by atoms with Crippen molar-refractivity contribution < 1.29 is 0 Å². The van der Waals surface area contributed by atoms with Gasteiger partial charge in [-0.1, -0.05) is 24.3 Å². The highest BCUT2D eigenvalue weighted by atomic mass is 15.3. The first-order valence-electron chi connectivity index (χ1n) is 5.19. The lowest BCUT2D eigenvalue weighted by Gasteiger charge is -2.14. The van der Waals surface area contributed by atoms with E-state index < -0.39 is 0 Å². The van der Waals surface area contributed by atoms with E-state index in [1.807, 2.05) is 36.3 Å². The molecule has 0 unspecified atom stereocenters. The van der Waals surface area contributed by atoms with Crippen LogP contribution < -0.4 is 4.90 Å². The minimum atomic E-state index is 0.559. The molecule has 2 heterocycles. The van der Waals surface area contributed by atoms with Crippen LogP contribution in [0, 0.1) is 5.41 Å². The van der Waals surface area contributed by atoms with Crippen molar-refractivity contribution in [1.82, 2.24) is 9.78 Å². The van der Waals surface area contributed by atoms with E-state index >= 15 is 0 Å². The Morgan fingerprint density at radius 2 is 2.12 bits per heavy atom. The summed E-state index contributed by atoms with van der Waals surface area (Å²) in [6, 6.07) is 8.05. The summed E-state index contributed by atoms with van der Waals surface area (Å²) in [6.45, 7) is 0.765. The third kappa shape index (κ3) is 1.23. The average Bonchev–Trinajstić information content (AvgIpc) is 2.84. The van der Waals surface area contributed by atoms with Crippen LogP contribution in [0.5, 0.6) is 0 Å². The van der Waals surface area contributed by atoms with Gasteiger partial charge in [0.1, 0.15) is 5.84 Å². The van der Waals surface area contributed by atoms with Crippen LogP contribution in [0.4, 0.5) is 5.69 Å². The fourth-order valence-corrected chi connectivity index (χ4v) is 2.05. The fraction of sp³-hybridized carbons (Fsp3) is 0.167. The molecule has 0 bridgehead atoms. The third-order valence-electron chi connectivity index (χ3n) is 2.87. The van der Waals surface area contributed by atoms with Crippen LogP contribution in [0.25, 0.3) is 0 Å². The molecule has 0 spiro atoms. The largest absolute Gasteiger partial charge is 0.319 e. The molecule has 16 heavy (non-hydrogen) atoms. The Balaban J connectivity index is 2.01. The molecule has 4 heteroatoms. The van der Waals surface area contributed by atoms with E-state index in [0.717, 1.165) is 17.8 Å². The van der Waals surface area contributed by atoms with Crippen molar-refractivity contribution in [1.29, 1.82) is 5.41 Å². The standard InChI is InChI=1S/C12H12N4/c1-15-8-10(6-14-15)16-7-9-4-2-3-5-11(9)12(16)13/h2-6,8,13H,7H2,1H3. The molecular weight excluding hydrogens is 200 g/mol. The van der Waals surface area contributed by atoms with Gasteiger partial charge in [0.2, 0.25) is 0 Å². The SMILES string of the molecule is Cn1cc(N2Cc3ccccc3C2=N)cn1. The Morgan fingerprint density at radius 3 is 2.81 bits per heavy atom. The second-order valence-corrected chi connectivity index (χ2v) is 3.96. The number of amidine groups is 1. The molecule has 1 aromatic carbocycles. The van der Waals surface area contributed by atoms with E-state index in [1.165, 1.54) is 5.56 Å². The minimum absolute atomic E-state index is 0.559. The lowest BCUT2D eigenvalue weighted by Crippen LogP contribution is -2.22. The molecule has 0 saturated heterocycles. The molecule has 3 rings (SSSR count). The molecule has 0 fully saturated rings. The van der Waals surface area contributed by atoms with Crippen molar-refractivity contribution in [2.75, 3.05) is 4.90 Å². The number of hydrogen-bond donors (Lipinski definition) is 1. The number of aryl methyl sites for hydroxylation is 1. The number of aromatic nitrogens is 2. The summed E-state index contributed by atoms with van der Waals surface area (Å²) in [6.07, 6.45) is 3.72. The molecule has 1 aliphatic heterocycles. The van der Waals surface area contributed by atoms with E-state index in [2.05, 4.69) is 11.2 Å². The number of hydrogen-bond acceptors (Lipinski definition) is 2. The Kier molecular flexibility index (Phi) is 1.83. The quantitative estimate of drug-likeness (QED) is 0.783. The van der Waals surface area contributed by atoms with E-state index in [0.29, 0.717) is 5.84 Å². The molecule has 1 aromatic heterocycles. The van der Waals surface area contributed by atoms with Crippen molar-refractivity contribution in [3.05, 3.63) is 47.8 Å². The predicted molar refractivity (Wildman–Crippen MR) is 62.7 cm³/mol. The lowest BCUT2D eigenvalue weighted by atomic mass is 10.1. The summed E-state index contributed by atoms with van der Waals surface area (Å²) in [5.74, 6) is 0.559. The van der Waals surface area contributed by atoms with Crippen LogP contribution >= 0.6 is 0 Å². The van der Waals surface area contributed by atoms with Crippen LogP contribution in [0.1, 0.15) is 11.1 Å². The summed E-state index contributed by atoms with van der Waals surface area (Å²) in [4.78, 5) is 1.97. The number of nitrogens with zero attached hydrogens (tertiary/aromatic N) is 3. The van der Waals surface area contributed by atoms with Crippen LogP contribution in [0.2, 0.25) is 0 Å². The number of nitrogens with one attached hydrogen (secondary N) is 1. The van der Waals surface area contributed by atoms with Gasteiger partial charge in [-0.25, -0.2) is 0 Å². The molecule has 0 aliphatic carbocycles. The van der Waals surface area contributed by atoms with Crippen LogP contribution in [-0.4, -0.2) is 15.6 Å². The van der Waals surface area contributed by atoms with Gasteiger partial charge in [0.15, 0.2) is 0 Å². The number of fused-ring (bicyclic) bond motifs is 1. The van der Waals surface area contributed by atoms with Crippen LogP contribution in [0.15, 0.2) is 36.7 Å². The first-order chi connectivity index (χ1) is 7.75. The molecule has 1 aliphatic rings. The molecule has 0 amide bonds. The highest BCUT2D eigenvalue weighted by Gasteiger charge is 2.25. The van der Waals surface area contributed by atoms with Crippen molar-refractivity contribution >= 4 is 11.5 Å². The van der Waals surface area contributed by atoms with Gasteiger partial charge in [-0.15, -0.1) is 0 Å². The Bertz CT molecular complexity index is 556. The maximum absolute atomic E-state index is 8.12. The van der Waals surface area contributed by atoms with Crippen molar-refractivity contribution in [2.24, 2.45) is 7.05 Å². The first-order valence-corrected chi connectivity index (χ1v) is 5.19. The topological polar surface area (TPSA) is 44.9 Å². The molecular formula is C12H12N4. The van der Waals surface area contributed by atoms with E-state index in [9.17, 15) is 0 Å². The Labute approximate surface area is 93.6 Å². The number of anilines is 1. The van der Waals surface area contributed by atoms with E-state index in [4.69, 9.17) is 5.41 Å². The van der Waals surface area contributed by atoms with Gasteiger partial charge in [0.05, 0.1) is 18.4 Å². The summed E-state index contributed by atoms with van der Waals surface area (Å²) >= 11 is 0. The van der Waals surface area contributed by atoms with Crippen molar-refractivity contribution in [3.8, 4) is 0 Å². The molecule has 1 N–H and O–H groups in total. The fourth-order valence-electron chi connectivity index (χ4n) is 2.05. The molecule has 0 saturated carbocycles. The van der Waals surface area contributed by atoms with Gasteiger partial charge in [-0.2, -0.15) is 5.10 Å². The number of rotatable bonds is 1. The summed E-state index contributed by atoms with van der Waals surface area (Å²) in [5, 5.41) is 12.3. The maximum atomic E-state index is 8.12. The Morgan fingerprint density at radius 1 is 1.31 bits per heavy atom. The maximum Gasteiger partial charge on any atom is 0.133 e. The lowest BCUT2D eigenvalue weighted by molar-refractivity contribution is 0.767. The zero-order chi connectivity index (χ0) is 11.1. The molecule has 80 valence electrons. The van der Waals surface area contributed by atoms with Gasteiger partial charge in [0.25, 0.3) is 0 Å². The molecule has 0 atom stereocenters. The highest BCUT2D eigenvalue weighted by Crippen LogP contribution is 2.27. The van der Waals surface area contributed by atoms with E-state index in [1.54, 1.807) is 10.9 Å². The van der Waals surface area contributed by atoms with Crippen molar-refractivity contribution in [2.45, 2.75) is 6.54 Å². The second kappa shape index (κ2) is 3.20. The third-order valence-corrected chi connectivity index (χ3v) is 2.87. The summed E-state index contributed by atoms with van der Waals surface area (Å²) in [7, 11) is 1.89. The summed E-state index contributed by atoms with van der Waals surface area (Å²) in [5.41, 5.74) is 3.20. The molecule has 4 nitrogen and oxygen atoms in total. The van der Waals surface area contributed by atoms with Gasteiger partial charge in [-0.05, 0) is 5.56 Å². The van der Waals surface area contributed by atoms with Gasteiger partial charge in [-0.3, -0.25) is 10.1 Å². The van der Waals surface area contributed by atoms with Gasteiger partial charge >= 0.3 is 0 Å². The summed E-state index contributed by atoms with van der Waals surface area (Å²) < 4.78 is 1.76. The molecule has 0 radical (unpaired) electrons. The van der Waals surface area contributed by atoms with Gasteiger partial charge in [0, 0.05) is 18.8 Å².